The Bertz CT molecular complexity index is 1260. The molecule has 2 aromatic carbocycles. The van der Waals surface area contributed by atoms with Gasteiger partial charge < -0.3 is 30.0 Å². The number of benzene rings is 2. The lowest BCUT2D eigenvalue weighted by atomic mass is 9.99. The molecule has 2 aromatic rings. The predicted molar refractivity (Wildman–Crippen MR) is 165 cm³/mol. The Balaban J connectivity index is 1.67. The van der Waals surface area contributed by atoms with Crippen molar-refractivity contribution in [2.24, 2.45) is 0 Å². The quantitative estimate of drug-likeness (QED) is 0.265. The highest BCUT2D eigenvalue weighted by atomic mass is 16.6. The van der Waals surface area contributed by atoms with Gasteiger partial charge in [-0.2, -0.15) is 0 Å². The summed E-state index contributed by atoms with van der Waals surface area (Å²) in [6.07, 6.45) is 1.90. The minimum atomic E-state index is -1.19. The Morgan fingerprint density at radius 1 is 1.09 bits per heavy atom. The lowest BCUT2D eigenvalue weighted by Gasteiger charge is -2.36. The van der Waals surface area contributed by atoms with Crippen LogP contribution in [0, 0.1) is 0 Å². The van der Waals surface area contributed by atoms with E-state index in [1.54, 1.807) is 20.8 Å². The number of carboxylic acid groups (broad SMARTS) is 1. The Kier molecular flexibility index (Phi) is 13.0. The highest BCUT2D eigenvalue weighted by molar-refractivity contribution is 5.89. The first kappa shape index (κ1) is 34.4. The fourth-order valence-corrected chi connectivity index (χ4v) is 4.66. The Labute approximate surface area is 259 Å². The van der Waals surface area contributed by atoms with E-state index in [-0.39, 0.29) is 19.3 Å². The summed E-state index contributed by atoms with van der Waals surface area (Å²) in [6, 6.07) is 14.4. The molecule has 1 saturated heterocycles. The van der Waals surface area contributed by atoms with E-state index in [0.717, 1.165) is 35.3 Å². The smallest absolute Gasteiger partial charge is 0.412 e. The van der Waals surface area contributed by atoms with Crippen LogP contribution >= 0.6 is 0 Å². The van der Waals surface area contributed by atoms with E-state index in [1.165, 1.54) is 4.90 Å². The maximum Gasteiger partial charge on any atom is 0.412 e. The van der Waals surface area contributed by atoms with Gasteiger partial charge in [0.2, 0.25) is 11.8 Å². The van der Waals surface area contributed by atoms with E-state index in [2.05, 4.69) is 17.6 Å². The number of amides is 3. The molecule has 0 spiro atoms. The van der Waals surface area contributed by atoms with E-state index < -0.39 is 48.3 Å². The summed E-state index contributed by atoms with van der Waals surface area (Å²) in [6.45, 7) is 8.45. The van der Waals surface area contributed by atoms with E-state index in [0.29, 0.717) is 26.2 Å². The second kappa shape index (κ2) is 16.7. The van der Waals surface area contributed by atoms with Crippen molar-refractivity contribution in [3.8, 4) is 16.9 Å². The molecule has 3 rings (SSSR count). The predicted octanol–water partition coefficient (Wildman–Crippen LogP) is 4.52. The molecule has 3 amide bonds. The van der Waals surface area contributed by atoms with Gasteiger partial charge in [0.1, 0.15) is 30.2 Å². The maximum absolute atomic E-state index is 13.0. The van der Waals surface area contributed by atoms with Crippen LogP contribution in [0.1, 0.15) is 65.4 Å². The second-order valence-electron chi connectivity index (χ2n) is 11.8. The molecular weight excluding hydrogens is 566 g/mol. The van der Waals surface area contributed by atoms with E-state index in [1.807, 2.05) is 48.5 Å². The molecule has 0 radical (unpaired) electrons. The highest BCUT2D eigenvalue weighted by Crippen LogP contribution is 2.24. The first-order valence-electron chi connectivity index (χ1n) is 15.2. The average Bonchev–Trinajstić information content (AvgIpc) is 2.98. The third-order valence-electron chi connectivity index (χ3n) is 6.83. The zero-order valence-corrected chi connectivity index (χ0v) is 26.1. The van der Waals surface area contributed by atoms with Gasteiger partial charge in [0, 0.05) is 25.8 Å². The number of carbonyl (C=O) groups is 4. The summed E-state index contributed by atoms with van der Waals surface area (Å²) in [5.74, 6) is -1.43. The topological polar surface area (TPSA) is 144 Å². The molecule has 0 aliphatic carbocycles. The van der Waals surface area contributed by atoms with Gasteiger partial charge in [0.15, 0.2) is 0 Å². The Hall–Kier alpha value is -4.12. The zero-order chi connectivity index (χ0) is 32.1. The van der Waals surface area contributed by atoms with E-state index in [9.17, 15) is 19.2 Å². The van der Waals surface area contributed by atoms with Gasteiger partial charge in [0.05, 0.1) is 13.2 Å². The van der Waals surface area contributed by atoms with Crippen molar-refractivity contribution in [2.75, 3.05) is 26.3 Å². The first-order chi connectivity index (χ1) is 20.9. The first-order valence-corrected chi connectivity index (χ1v) is 15.2. The number of nitrogens with one attached hydrogen (secondary N) is 2. The lowest BCUT2D eigenvalue weighted by Crippen LogP contribution is -2.50. The molecule has 3 N–H and O–H groups in total. The van der Waals surface area contributed by atoms with E-state index >= 15 is 0 Å². The number of aliphatic carboxylic acids is 1. The molecule has 11 heteroatoms. The minimum absolute atomic E-state index is 0.0145. The van der Waals surface area contributed by atoms with Gasteiger partial charge in [0.25, 0.3) is 0 Å². The zero-order valence-electron chi connectivity index (χ0n) is 26.1. The summed E-state index contributed by atoms with van der Waals surface area (Å²) in [4.78, 5) is 51.3. The number of carbonyl (C=O) groups excluding carboxylic acids is 3. The van der Waals surface area contributed by atoms with Crippen LogP contribution in [0.25, 0.3) is 11.1 Å². The molecule has 1 aliphatic heterocycles. The monoisotopic (exact) mass is 611 g/mol. The van der Waals surface area contributed by atoms with Crippen LogP contribution in [0.15, 0.2) is 48.5 Å². The number of nitrogens with zero attached hydrogens (tertiary/aromatic N) is 1. The molecule has 240 valence electrons. The molecule has 0 saturated carbocycles. The Morgan fingerprint density at radius 2 is 1.84 bits per heavy atom. The fraction of sp³-hybridized carbons (Fsp3) is 0.515. The van der Waals surface area contributed by atoms with Crippen molar-refractivity contribution in [3.05, 3.63) is 54.1 Å². The number of rotatable bonds is 14. The van der Waals surface area contributed by atoms with Gasteiger partial charge in [-0.3, -0.25) is 19.3 Å². The van der Waals surface area contributed by atoms with Crippen molar-refractivity contribution in [2.45, 2.75) is 84.1 Å². The van der Waals surface area contributed by atoms with Crippen LogP contribution in [0.3, 0.4) is 0 Å². The molecule has 1 aliphatic rings. The number of hydrogen-bond donors (Lipinski definition) is 3. The van der Waals surface area contributed by atoms with Crippen LogP contribution in [0.5, 0.6) is 5.75 Å². The van der Waals surface area contributed by atoms with Gasteiger partial charge in [-0.1, -0.05) is 49.7 Å². The van der Waals surface area contributed by atoms with Crippen molar-refractivity contribution in [1.29, 1.82) is 0 Å². The molecular formula is C33H45N3O8. The summed E-state index contributed by atoms with van der Waals surface area (Å²) in [5, 5.41) is 14.2. The number of unbranched alkanes of at least 4 members (excludes halogenated alkanes) is 1. The second-order valence-corrected chi connectivity index (χ2v) is 11.8. The lowest BCUT2D eigenvalue weighted by molar-refractivity contribution is -0.138. The standard InChI is InChI=1S/C33H45N3O8/c1-5-6-18-42-26-13-11-24(12-14-26)25-10-7-9-23(20-25)21-27(31(40)34-22-30(38)39)35-28(37)15-16-29-36(17-8-19-43-29)32(41)44-33(2,3)4/h7,9-14,20,27,29H,5-6,8,15-19,21-22H2,1-4H3,(H,34,40)(H,35,37)(H,38,39)/t27-,29?/m0/s1. The van der Waals surface area contributed by atoms with Crippen molar-refractivity contribution in [3.63, 3.8) is 0 Å². The van der Waals surface area contributed by atoms with Gasteiger partial charge in [-0.05, 0) is 62.4 Å². The third kappa shape index (κ3) is 11.5. The SMILES string of the molecule is CCCCOc1ccc(-c2cccc(C[C@H](NC(=O)CCC3OCCCN3C(=O)OC(C)(C)C)C(=O)NCC(=O)O)c2)cc1. The number of carboxylic acids is 1. The molecule has 1 fully saturated rings. The third-order valence-corrected chi connectivity index (χ3v) is 6.83. The normalized spacial score (nSPS) is 15.6. The summed E-state index contributed by atoms with van der Waals surface area (Å²) < 4.78 is 17.0. The molecule has 0 aromatic heterocycles. The Morgan fingerprint density at radius 3 is 2.52 bits per heavy atom. The summed E-state index contributed by atoms with van der Waals surface area (Å²) in [5.41, 5.74) is 2.01. The molecule has 0 bridgehead atoms. The van der Waals surface area contributed by atoms with Crippen LogP contribution < -0.4 is 15.4 Å². The molecule has 1 unspecified atom stereocenters. The van der Waals surface area contributed by atoms with Crippen LogP contribution in [0.2, 0.25) is 0 Å². The largest absolute Gasteiger partial charge is 0.494 e. The van der Waals surface area contributed by atoms with Gasteiger partial charge in [-0.25, -0.2) is 4.79 Å². The van der Waals surface area contributed by atoms with E-state index in [4.69, 9.17) is 19.3 Å². The number of ether oxygens (including phenoxy) is 3. The van der Waals surface area contributed by atoms with Crippen molar-refractivity contribution < 1.29 is 38.5 Å². The average molecular weight is 612 g/mol. The minimum Gasteiger partial charge on any atom is -0.494 e. The summed E-state index contributed by atoms with van der Waals surface area (Å²) >= 11 is 0. The van der Waals surface area contributed by atoms with Crippen molar-refractivity contribution >= 4 is 23.9 Å². The molecule has 11 nitrogen and oxygen atoms in total. The molecule has 44 heavy (non-hydrogen) atoms. The molecule has 1 heterocycles. The highest BCUT2D eigenvalue weighted by Gasteiger charge is 2.32. The maximum atomic E-state index is 13.0. The van der Waals surface area contributed by atoms with Gasteiger partial charge in [-0.15, -0.1) is 0 Å². The molecule has 2 atom stereocenters. The number of hydrogen-bond acceptors (Lipinski definition) is 7. The van der Waals surface area contributed by atoms with Crippen LogP contribution in [0.4, 0.5) is 4.79 Å². The van der Waals surface area contributed by atoms with Crippen LogP contribution in [-0.2, 0) is 30.3 Å². The fourth-order valence-electron chi connectivity index (χ4n) is 4.66. The summed E-state index contributed by atoms with van der Waals surface area (Å²) in [7, 11) is 0. The van der Waals surface area contributed by atoms with Gasteiger partial charge >= 0.3 is 12.1 Å². The van der Waals surface area contributed by atoms with Crippen LogP contribution in [-0.4, -0.2) is 78.1 Å². The van der Waals surface area contributed by atoms with Crippen molar-refractivity contribution in [1.82, 2.24) is 15.5 Å².